The van der Waals surface area contributed by atoms with E-state index >= 15 is 0 Å². The van der Waals surface area contributed by atoms with Crippen molar-refractivity contribution in [2.45, 2.75) is 19.5 Å². The fourth-order valence-corrected chi connectivity index (χ4v) is 1.12. The quantitative estimate of drug-likeness (QED) is 0.571. The number of nitrogens with two attached hydrogens (primary N) is 2. The molecule has 5 heteroatoms. The summed E-state index contributed by atoms with van der Waals surface area (Å²) in [5, 5.41) is 0. The normalized spacial score (nSPS) is 12.0. The van der Waals surface area contributed by atoms with Crippen LogP contribution in [-0.2, 0) is 11.3 Å². The van der Waals surface area contributed by atoms with E-state index in [0.29, 0.717) is 18.0 Å². The van der Waals surface area contributed by atoms with Gasteiger partial charge in [0.15, 0.2) is 11.5 Å². The van der Waals surface area contributed by atoms with Crippen molar-refractivity contribution in [3.63, 3.8) is 0 Å². The average Bonchev–Trinajstić information content (AvgIpc) is 2.29. The minimum absolute atomic E-state index is 0.349. The average molecular weight is 224 g/mol. The van der Waals surface area contributed by atoms with Crippen molar-refractivity contribution in [2.75, 3.05) is 7.11 Å². The van der Waals surface area contributed by atoms with Gasteiger partial charge in [-0.2, -0.15) is 0 Å². The first-order valence-corrected chi connectivity index (χ1v) is 4.92. The monoisotopic (exact) mass is 224 g/mol. The van der Waals surface area contributed by atoms with Crippen LogP contribution in [-0.4, -0.2) is 19.1 Å². The molecule has 0 unspecified atom stereocenters. The van der Waals surface area contributed by atoms with Crippen LogP contribution in [0.1, 0.15) is 12.5 Å². The van der Waals surface area contributed by atoms with E-state index in [0.717, 1.165) is 5.56 Å². The molecule has 0 saturated heterocycles. The molecule has 0 aliphatic carbocycles. The number of ether oxygens (including phenoxy) is 2. The Balaban J connectivity index is 2.91. The van der Waals surface area contributed by atoms with Gasteiger partial charge in [-0.1, -0.05) is 6.07 Å². The molecule has 0 heterocycles. The van der Waals surface area contributed by atoms with Crippen LogP contribution in [0.5, 0.6) is 11.5 Å². The fourth-order valence-electron chi connectivity index (χ4n) is 1.12. The van der Waals surface area contributed by atoms with Crippen molar-refractivity contribution in [1.29, 1.82) is 0 Å². The highest BCUT2D eigenvalue weighted by molar-refractivity contribution is 5.78. The Labute approximate surface area is 94.3 Å². The van der Waals surface area contributed by atoms with Gasteiger partial charge in [0.05, 0.1) is 7.11 Å². The van der Waals surface area contributed by atoms with Crippen molar-refractivity contribution >= 4 is 5.97 Å². The lowest BCUT2D eigenvalue weighted by atomic mass is 10.2. The largest absolute Gasteiger partial charge is 0.493 e. The summed E-state index contributed by atoms with van der Waals surface area (Å²) < 4.78 is 10.2. The van der Waals surface area contributed by atoms with Gasteiger partial charge in [-0.3, -0.25) is 0 Å². The Morgan fingerprint density at radius 2 is 2.12 bits per heavy atom. The van der Waals surface area contributed by atoms with Gasteiger partial charge in [0, 0.05) is 6.54 Å². The third kappa shape index (κ3) is 2.95. The molecule has 16 heavy (non-hydrogen) atoms. The molecule has 0 aromatic heterocycles. The minimum Gasteiger partial charge on any atom is -0.493 e. The summed E-state index contributed by atoms with van der Waals surface area (Å²) in [5.41, 5.74) is 11.8. The summed E-state index contributed by atoms with van der Waals surface area (Å²) in [6.07, 6.45) is 0. The maximum absolute atomic E-state index is 11.3. The molecule has 0 radical (unpaired) electrons. The molecule has 0 aliphatic rings. The van der Waals surface area contributed by atoms with Gasteiger partial charge >= 0.3 is 5.97 Å². The summed E-state index contributed by atoms with van der Waals surface area (Å²) in [6, 6.07) is 4.47. The van der Waals surface area contributed by atoms with E-state index in [1.165, 1.54) is 7.11 Å². The number of carbonyl (C=O) groups excluding carboxylic acids is 1. The SMILES string of the molecule is COc1cc(CN)ccc1OC(=O)[C@H](C)N. The standard InChI is InChI=1S/C11H16N2O3/c1-7(13)11(14)16-9-4-3-8(6-12)5-10(9)15-2/h3-5,7H,6,12-13H2,1-2H3/t7-/m0/s1. The van der Waals surface area contributed by atoms with Crippen LogP contribution in [0.25, 0.3) is 0 Å². The molecule has 1 atom stereocenters. The highest BCUT2D eigenvalue weighted by atomic mass is 16.6. The van der Waals surface area contributed by atoms with Crippen molar-refractivity contribution in [3.8, 4) is 11.5 Å². The molecular formula is C11H16N2O3. The van der Waals surface area contributed by atoms with E-state index in [1.54, 1.807) is 25.1 Å². The molecule has 1 aromatic rings. The molecule has 1 rings (SSSR count). The van der Waals surface area contributed by atoms with Gasteiger partial charge in [0.25, 0.3) is 0 Å². The van der Waals surface area contributed by atoms with Crippen molar-refractivity contribution in [3.05, 3.63) is 23.8 Å². The molecule has 1 aromatic carbocycles. The highest BCUT2D eigenvalue weighted by Gasteiger charge is 2.13. The van der Waals surface area contributed by atoms with Crippen molar-refractivity contribution in [2.24, 2.45) is 11.5 Å². The van der Waals surface area contributed by atoms with Crippen LogP contribution >= 0.6 is 0 Å². The van der Waals surface area contributed by atoms with Gasteiger partial charge in [-0.05, 0) is 24.6 Å². The molecule has 5 nitrogen and oxygen atoms in total. The lowest BCUT2D eigenvalue weighted by Gasteiger charge is -2.11. The van der Waals surface area contributed by atoms with Crippen LogP contribution in [0, 0.1) is 0 Å². The number of methoxy groups -OCH3 is 1. The number of hydrogen-bond acceptors (Lipinski definition) is 5. The zero-order valence-corrected chi connectivity index (χ0v) is 9.40. The zero-order chi connectivity index (χ0) is 12.1. The molecule has 0 spiro atoms. The molecule has 0 fully saturated rings. The van der Waals surface area contributed by atoms with E-state index < -0.39 is 12.0 Å². The van der Waals surface area contributed by atoms with E-state index in [4.69, 9.17) is 20.9 Å². The number of benzene rings is 1. The first kappa shape index (κ1) is 12.5. The van der Waals surface area contributed by atoms with E-state index in [1.807, 2.05) is 0 Å². The predicted molar refractivity (Wildman–Crippen MR) is 60.2 cm³/mol. The first-order chi connectivity index (χ1) is 7.58. The second-order valence-electron chi connectivity index (χ2n) is 3.40. The van der Waals surface area contributed by atoms with E-state index in [2.05, 4.69) is 0 Å². The summed E-state index contributed by atoms with van der Waals surface area (Å²) in [7, 11) is 1.50. The Morgan fingerprint density at radius 3 is 2.62 bits per heavy atom. The Bertz CT molecular complexity index is 377. The minimum atomic E-state index is -0.668. The molecule has 0 amide bonds. The number of esters is 1. The first-order valence-electron chi connectivity index (χ1n) is 4.92. The van der Waals surface area contributed by atoms with Gasteiger partial charge in [0.1, 0.15) is 6.04 Å². The summed E-state index contributed by atoms with van der Waals surface area (Å²) in [6.45, 7) is 1.96. The second-order valence-corrected chi connectivity index (χ2v) is 3.40. The summed E-state index contributed by atoms with van der Waals surface area (Å²) in [4.78, 5) is 11.3. The third-order valence-electron chi connectivity index (χ3n) is 2.05. The predicted octanol–water partition coefficient (Wildman–Crippen LogP) is 0.406. The molecule has 0 saturated carbocycles. The van der Waals surface area contributed by atoms with Crippen LogP contribution in [0.3, 0.4) is 0 Å². The molecule has 88 valence electrons. The lowest BCUT2D eigenvalue weighted by Crippen LogP contribution is -2.31. The Morgan fingerprint density at radius 1 is 1.44 bits per heavy atom. The molecule has 0 bridgehead atoms. The van der Waals surface area contributed by atoms with Gasteiger partial charge < -0.3 is 20.9 Å². The van der Waals surface area contributed by atoms with Crippen LogP contribution in [0.15, 0.2) is 18.2 Å². The third-order valence-corrected chi connectivity index (χ3v) is 2.05. The molecular weight excluding hydrogens is 208 g/mol. The lowest BCUT2D eigenvalue weighted by molar-refractivity contribution is -0.135. The maximum atomic E-state index is 11.3. The van der Waals surface area contributed by atoms with E-state index in [-0.39, 0.29) is 0 Å². The van der Waals surface area contributed by atoms with Gasteiger partial charge in [-0.25, -0.2) is 4.79 Å². The van der Waals surface area contributed by atoms with Crippen LogP contribution in [0.2, 0.25) is 0 Å². The molecule has 0 aliphatic heterocycles. The zero-order valence-electron chi connectivity index (χ0n) is 9.40. The Hall–Kier alpha value is -1.59. The summed E-state index contributed by atoms with van der Waals surface area (Å²) >= 11 is 0. The van der Waals surface area contributed by atoms with Gasteiger partial charge in [0.2, 0.25) is 0 Å². The van der Waals surface area contributed by atoms with Crippen LogP contribution in [0.4, 0.5) is 0 Å². The van der Waals surface area contributed by atoms with Crippen molar-refractivity contribution in [1.82, 2.24) is 0 Å². The smallest absolute Gasteiger partial charge is 0.328 e. The molecule has 4 N–H and O–H groups in total. The summed E-state index contributed by atoms with van der Waals surface area (Å²) in [5.74, 6) is 0.317. The number of rotatable bonds is 4. The van der Waals surface area contributed by atoms with E-state index in [9.17, 15) is 4.79 Å². The number of hydrogen-bond donors (Lipinski definition) is 2. The van der Waals surface area contributed by atoms with Crippen LogP contribution < -0.4 is 20.9 Å². The maximum Gasteiger partial charge on any atom is 0.328 e. The second kappa shape index (κ2) is 5.48. The van der Waals surface area contributed by atoms with Gasteiger partial charge in [-0.15, -0.1) is 0 Å². The number of carbonyl (C=O) groups is 1. The van der Waals surface area contributed by atoms with Crippen molar-refractivity contribution < 1.29 is 14.3 Å². The highest BCUT2D eigenvalue weighted by Crippen LogP contribution is 2.28. The topological polar surface area (TPSA) is 87.6 Å². The fraction of sp³-hybridized carbons (Fsp3) is 0.364. The Kier molecular flexibility index (Phi) is 4.28.